The van der Waals surface area contributed by atoms with Gasteiger partial charge in [0.15, 0.2) is 5.78 Å². The van der Waals surface area contributed by atoms with Crippen molar-refractivity contribution in [1.29, 1.82) is 0 Å². The maximum atomic E-state index is 11.6. The van der Waals surface area contributed by atoms with E-state index in [2.05, 4.69) is 0 Å². The second-order valence-corrected chi connectivity index (χ2v) is 3.76. The van der Waals surface area contributed by atoms with Crippen LogP contribution in [0.4, 0.5) is 0 Å². The minimum atomic E-state index is -1.01. The second-order valence-electron chi connectivity index (χ2n) is 2.91. The molecular formula is C10H10Cl2O2. The summed E-state index contributed by atoms with van der Waals surface area (Å²) in [5, 5.41) is 10.1. The van der Waals surface area contributed by atoms with Crippen molar-refractivity contribution in [1.82, 2.24) is 0 Å². The summed E-state index contributed by atoms with van der Waals surface area (Å²) in [4.78, 5) is 11.6. The van der Waals surface area contributed by atoms with Crippen molar-refractivity contribution in [2.75, 3.05) is 0 Å². The first kappa shape index (κ1) is 11.5. The van der Waals surface area contributed by atoms with E-state index in [9.17, 15) is 9.90 Å². The maximum absolute atomic E-state index is 11.6. The van der Waals surface area contributed by atoms with E-state index >= 15 is 0 Å². The lowest BCUT2D eigenvalue weighted by Gasteiger charge is -2.08. The molecule has 1 aromatic rings. The zero-order valence-corrected chi connectivity index (χ0v) is 9.14. The number of hydrogen-bond acceptors (Lipinski definition) is 2. The number of halogens is 2. The Kier molecular flexibility index (Phi) is 3.93. The van der Waals surface area contributed by atoms with E-state index in [1.165, 1.54) is 6.07 Å². The van der Waals surface area contributed by atoms with Crippen molar-refractivity contribution in [3.05, 3.63) is 33.8 Å². The van der Waals surface area contributed by atoms with Crippen molar-refractivity contribution in [3.8, 4) is 0 Å². The van der Waals surface area contributed by atoms with Crippen LogP contribution in [-0.4, -0.2) is 17.0 Å². The molecule has 4 heteroatoms. The molecule has 14 heavy (non-hydrogen) atoms. The molecule has 0 aliphatic heterocycles. The quantitative estimate of drug-likeness (QED) is 0.815. The minimum Gasteiger partial charge on any atom is -0.385 e. The van der Waals surface area contributed by atoms with Crippen molar-refractivity contribution >= 4 is 29.0 Å². The molecule has 0 fully saturated rings. The van der Waals surface area contributed by atoms with Gasteiger partial charge in [0.1, 0.15) is 6.10 Å². The number of rotatable bonds is 3. The van der Waals surface area contributed by atoms with Crippen molar-refractivity contribution in [2.45, 2.75) is 19.4 Å². The Labute approximate surface area is 92.5 Å². The van der Waals surface area contributed by atoms with Crippen molar-refractivity contribution in [2.24, 2.45) is 0 Å². The largest absolute Gasteiger partial charge is 0.385 e. The molecule has 0 aliphatic rings. The SMILES string of the molecule is CCC(O)C(=O)c1cc(Cl)ccc1Cl. The van der Waals surface area contributed by atoms with E-state index in [1.54, 1.807) is 19.1 Å². The number of aliphatic hydroxyl groups is 1. The lowest BCUT2D eigenvalue weighted by molar-refractivity contribution is 0.0741. The first-order chi connectivity index (χ1) is 6.56. The number of aliphatic hydroxyl groups excluding tert-OH is 1. The minimum absolute atomic E-state index is 0.272. The number of carbonyl (C=O) groups is 1. The Morgan fingerprint density at radius 1 is 1.50 bits per heavy atom. The van der Waals surface area contributed by atoms with Crippen LogP contribution in [0.2, 0.25) is 10.0 Å². The van der Waals surface area contributed by atoms with Gasteiger partial charge in [-0.05, 0) is 24.6 Å². The first-order valence-electron chi connectivity index (χ1n) is 4.23. The Hall–Kier alpha value is -0.570. The molecule has 1 unspecified atom stereocenters. The van der Waals surface area contributed by atoms with Crippen LogP contribution in [0.15, 0.2) is 18.2 Å². The van der Waals surface area contributed by atoms with Crippen LogP contribution in [0.25, 0.3) is 0 Å². The molecule has 0 saturated heterocycles. The topological polar surface area (TPSA) is 37.3 Å². The normalized spacial score (nSPS) is 12.6. The summed E-state index contributed by atoms with van der Waals surface area (Å²) in [5.74, 6) is -0.389. The molecule has 1 N–H and O–H groups in total. The number of carbonyl (C=O) groups excluding carboxylic acids is 1. The summed E-state index contributed by atoms with van der Waals surface area (Å²) >= 11 is 11.5. The summed E-state index contributed by atoms with van der Waals surface area (Å²) in [6, 6.07) is 4.60. The van der Waals surface area contributed by atoms with Gasteiger partial charge in [-0.3, -0.25) is 4.79 Å². The van der Waals surface area contributed by atoms with Gasteiger partial charge in [-0.1, -0.05) is 30.1 Å². The number of hydrogen-bond donors (Lipinski definition) is 1. The molecule has 0 spiro atoms. The fourth-order valence-corrected chi connectivity index (χ4v) is 1.43. The molecule has 0 saturated carbocycles. The number of Topliss-reactive ketones (excluding diaryl/α,β-unsaturated/α-hetero) is 1. The molecule has 0 amide bonds. The Morgan fingerprint density at radius 2 is 2.14 bits per heavy atom. The highest BCUT2D eigenvalue weighted by molar-refractivity contribution is 6.36. The van der Waals surface area contributed by atoms with Gasteiger partial charge in [-0.25, -0.2) is 0 Å². The molecular weight excluding hydrogens is 223 g/mol. The predicted molar refractivity (Wildman–Crippen MR) is 57.1 cm³/mol. The van der Waals surface area contributed by atoms with E-state index in [-0.39, 0.29) is 11.3 Å². The fourth-order valence-electron chi connectivity index (χ4n) is 1.05. The van der Waals surface area contributed by atoms with E-state index in [0.717, 1.165) is 0 Å². The highest BCUT2D eigenvalue weighted by atomic mass is 35.5. The van der Waals surface area contributed by atoms with Gasteiger partial charge in [0.2, 0.25) is 0 Å². The van der Waals surface area contributed by atoms with Crippen LogP contribution in [0.3, 0.4) is 0 Å². The molecule has 0 heterocycles. The van der Waals surface area contributed by atoms with Crippen LogP contribution >= 0.6 is 23.2 Å². The van der Waals surface area contributed by atoms with Crippen molar-refractivity contribution in [3.63, 3.8) is 0 Å². The third kappa shape index (κ3) is 2.47. The smallest absolute Gasteiger partial charge is 0.192 e. The highest BCUT2D eigenvalue weighted by Crippen LogP contribution is 2.22. The second kappa shape index (κ2) is 4.78. The van der Waals surface area contributed by atoms with Crippen LogP contribution in [0, 0.1) is 0 Å². The van der Waals surface area contributed by atoms with Gasteiger partial charge in [-0.15, -0.1) is 0 Å². The maximum Gasteiger partial charge on any atom is 0.192 e. The van der Waals surface area contributed by atoms with Gasteiger partial charge in [-0.2, -0.15) is 0 Å². The monoisotopic (exact) mass is 232 g/mol. The fraction of sp³-hybridized carbons (Fsp3) is 0.300. The Balaban J connectivity index is 3.06. The third-order valence-corrected chi connectivity index (χ3v) is 2.45. The molecule has 76 valence electrons. The van der Waals surface area contributed by atoms with Gasteiger partial charge in [0.25, 0.3) is 0 Å². The molecule has 0 aromatic heterocycles. The summed E-state index contributed by atoms with van der Waals surface area (Å²) in [7, 11) is 0. The molecule has 1 atom stereocenters. The van der Waals surface area contributed by atoms with Gasteiger partial charge in [0, 0.05) is 10.6 Å². The average Bonchev–Trinajstić information content (AvgIpc) is 2.19. The third-order valence-electron chi connectivity index (χ3n) is 1.88. The van der Waals surface area contributed by atoms with Crippen LogP contribution in [0.5, 0.6) is 0 Å². The molecule has 0 bridgehead atoms. The first-order valence-corrected chi connectivity index (χ1v) is 4.99. The lowest BCUT2D eigenvalue weighted by Crippen LogP contribution is -2.19. The lowest BCUT2D eigenvalue weighted by atomic mass is 10.0. The highest BCUT2D eigenvalue weighted by Gasteiger charge is 2.17. The Bertz CT molecular complexity index is 350. The number of ketones is 1. The Morgan fingerprint density at radius 3 is 2.71 bits per heavy atom. The molecule has 1 rings (SSSR count). The van der Waals surface area contributed by atoms with Crippen LogP contribution in [0.1, 0.15) is 23.7 Å². The van der Waals surface area contributed by atoms with Gasteiger partial charge in [0.05, 0.1) is 5.02 Å². The molecule has 0 radical (unpaired) electrons. The van der Waals surface area contributed by atoms with Gasteiger partial charge >= 0.3 is 0 Å². The standard InChI is InChI=1S/C10H10Cl2O2/c1-2-9(13)10(14)7-5-6(11)3-4-8(7)12/h3-5,9,13H,2H2,1H3. The summed E-state index contributed by atoms with van der Waals surface area (Å²) < 4.78 is 0. The van der Waals surface area contributed by atoms with Crippen molar-refractivity contribution < 1.29 is 9.90 Å². The van der Waals surface area contributed by atoms with Crippen LogP contribution < -0.4 is 0 Å². The molecule has 1 aromatic carbocycles. The molecule has 0 aliphatic carbocycles. The summed E-state index contributed by atoms with van der Waals surface area (Å²) in [6.45, 7) is 1.72. The average molecular weight is 233 g/mol. The summed E-state index contributed by atoms with van der Waals surface area (Å²) in [5.41, 5.74) is 0.272. The zero-order valence-electron chi connectivity index (χ0n) is 7.63. The van der Waals surface area contributed by atoms with E-state index in [1.807, 2.05) is 0 Å². The van der Waals surface area contributed by atoms with Gasteiger partial charge < -0.3 is 5.11 Å². The predicted octanol–water partition coefficient (Wildman–Crippen LogP) is 2.95. The molecule has 2 nitrogen and oxygen atoms in total. The van der Waals surface area contributed by atoms with Crippen LogP contribution in [-0.2, 0) is 0 Å². The van der Waals surface area contributed by atoms with E-state index in [4.69, 9.17) is 23.2 Å². The summed E-state index contributed by atoms with van der Waals surface area (Å²) in [6.07, 6.45) is -0.646. The zero-order chi connectivity index (χ0) is 10.7. The van der Waals surface area contributed by atoms with E-state index in [0.29, 0.717) is 16.5 Å². The number of benzene rings is 1. The van der Waals surface area contributed by atoms with E-state index < -0.39 is 6.10 Å².